The van der Waals surface area contributed by atoms with Crippen LogP contribution in [0.25, 0.3) is 0 Å². The van der Waals surface area contributed by atoms with Crippen molar-refractivity contribution in [2.24, 2.45) is 0 Å². The molecule has 17 heavy (non-hydrogen) atoms. The molecule has 2 aromatic rings. The summed E-state index contributed by atoms with van der Waals surface area (Å²) in [6.45, 7) is 3.86. The van der Waals surface area contributed by atoms with E-state index in [1.165, 1.54) is 6.20 Å². The topological polar surface area (TPSA) is 54.9 Å². The molecule has 0 aliphatic rings. The minimum atomic E-state index is -0.199. The molecule has 0 unspecified atom stereocenters. The van der Waals surface area contributed by atoms with E-state index in [2.05, 4.69) is 15.3 Å². The number of hydrogen-bond acceptors (Lipinski definition) is 3. The second kappa shape index (κ2) is 4.74. The lowest BCUT2D eigenvalue weighted by Gasteiger charge is -2.06. The molecule has 0 bridgehead atoms. The third-order valence-electron chi connectivity index (χ3n) is 2.26. The van der Waals surface area contributed by atoms with Crippen LogP contribution in [0.2, 0.25) is 0 Å². The van der Waals surface area contributed by atoms with Gasteiger partial charge in [0.05, 0.1) is 5.56 Å². The number of rotatable bonds is 2. The van der Waals surface area contributed by atoms with Crippen molar-refractivity contribution in [1.29, 1.82) is 0 Å². The van der Waals surface area contributed by atoms with Crippen molar-refractivity contribution < 1.29 is 4.79 Å². The standard InChI is InChI=1S/C13H13N3O/c1-9-6-10(2)15-12(7-9)16-13(17)11-4-3-5-14-8-11/h3-8H,1-2H3,(H,15,16,17). The number of nitrogens with zero attached hydrogens (tertiary/aromatic N) is 2. The number of carbonyl (C=O) groups excluding carboxylic acids is 1. The van der Waals surface area contributed by atoms with Gasteiger partial charge in [-0.2, -0.15) is 0 Å². The highest BCUT2D eigenvalue weighted by atomic mass is 16.1. The van der Waals surface area contributed by atoms with Crippen LogP contribution < -0.4 is 5.32 Å². The van der Waals surface area contributed by atoms with E-state index in [1.54, 1.807) is 18.3 Å². The third kappa shape index (κ3) is 2.87. The lowest BCUT2D eigenvalue weighted by Crippen LogP contribution is -2.13. The second-order valence-corrected chi connectivity index (χ2v) is 3.87. The van der Waals surface area contributed by atoms with Crippen molar-refractivity contribution in [3.8, 4) is 0 Å². The van der Waals surface area contributed by atoms with Crippen molar-refractivity contribution in [3.63, 3.8) is 0 Å². The maximum absolute atomic E-state index is 11.8. The molecule has 1 amide bonds. The highest BCUT2D eigenvalue weighted by Crippen LogP contribution is 2.10. The van der Waals surface area contributed by atoms with E-state index in [9.17, 15) is 4.79 Å². The minimum Gasteiger partial charge on any atom is -0.306 e. The summed E-state index contributed by atoms with van der Waals surface area (Å²) >= 11 is 0. The maximum atomic E-state index is 11.8. The fourth-order valence-electron chi connectivity index (χ4n) is 1.59. The molecule has 0 atom stereocenters. The molecular formula is C13H13N3O. The average Bonchev–Trinajstić information content (AvgIpc) is 2.28. The number of nitrogens with one attached hydrogen (secondary N) is 1. The largest absolute Gasteiger partial charge is 0.306 e. The molecule has 0 aromatic carbocycles. The SMILES string of the molecule is Cc1cc(C)nc(NC(=O)c2cccnc2)c1. The first-order valence-corrected chi connectivity index (χ1v) is 5.32. The van der Waals surface area contributed by atoms with Crippen molar-refractivity contribution >= 4 is 11.7 Å². The van der Waals surface area contributed by atoms with Crippen LogP contribution in [0.1, 0.15) is 21.6 Å². The molecule has 0 fully saturated rings. The van der Waals surface area contributed by atoms with Crippen molar-refractivity contribution in [2.75, 3.05) is 5.32 Å². The molecule has 0 radical (unpaired) electrons. The zero-order chi connectivity index (χ0) is 12.3. The molecule has 4 nitrogen and oxygen atoms in total. The summed E-state index contributed by atoms with van der Waals surface area (Å²) in [5.74, 6) is 0.368. The van der Waals surface area contributed by atoms with Gasteiger partial charge in [-0.1, -0.05) is 0 Å². The first-order valence-electron chi connectivity index (χ1n) is 5.32. The third-order valence-corrected chi connectivity index (χ3v) is 2.26. The van der Waals surface area contributed by atoms with Gasteiger partial charge in [0, 0.05) is 18.1 Å². The number of pyridine rings is 2. The van der Waals surface area contributed by atoms with Crippen molar-refractivity contribution in [1.82, 2.24) is 9.97 Å². The highest BCUT2D eigenvalue weighted by Gasteiger charge is 2.06. The van der Waals surface area contributed by atoms with Crippen LogP contribution in [0.15, 0.2) is 36.7 Å². The molecule has 4 heteroatoms. The van der Waals surface area contributed by atoms with Gasteiger partial charge in [-0.05, 0) is 43.7 Å². The fourth-order valence-corrected chi connectivity index (χ4v) is 1.59. The summed E-state index contributed by atoms with van der Waals surface area (Å²) in [5, 5.41) is 2.75. The Morgan fingerprint density at radius 2 is 2.12 bits per heavy atom. The Kier molecular flexibility index (Phi) is 3.14. The van der Waals surface area contributed by atoms with Crippen molar-refractivity contribution in [2.45, 2.75) is 13.8 Å². The molecule has 0 saturated heterocycles. The molecule has 86 valence electrons. The van der Waals surface area contributed by atoms with E-state index in [0.717, 1.165) is 11.3 Å². The van der Waals surface area contributed by atoms with Gasteiger partial charge in [-0.3, -0.25) is 9.78 Å². The molecular weight excluding hydrogens is 214 g/mol. The van der Waals surface area contributed by atoms with Crippen LogP contribution in [0, 0.1) is 13.8 Å². The highest BCUT2D eigenvalue weighted by molar-refractivity contribution is 6.03. The Hall–Kier alpha value is -2.23. The Balaban J connectivity index is 2.19. The number of carbonyl (C=O) groups is 1. The second-order valence-electron chi connectivity index (χ2n) is 3.87. The normalized spacial score (nSPS) is 10.0. The summed E-state index contributed by atoms with van der Waals surface area (Å²) in [7, 11) is 0. The predicted octanol–water partition coefficient (Wildman–Crippen LogP) is 2.35. The summed E-state index contributed by atoms with van der Waals surface area (Å²) in [5.41, 5.74) is 2.47. The van der Waals surface area contributed by atoms with E-state index in [-0.39, 0.29) is 5.91 Å². The maximum Gasteiger partial charge on any atom is 0.258 e. The molecule has 1 N–H and O–H groups in total. The zero-order valence-electron chi connectivity index (χ0n) is 9.77. The van der Waals surface area contributed by atoms with Crippen LogP contribution >= 0.6 is 0 Å². The van der Waals surface area contributed by atoms with Gasteiger partial charge in [0.25, 0.3) is 5.91 Å². The van der Waals surface area contributed by atoms with E-state index in [1.807, 2.05) is 26.0 Å². The number of aromatic nitrogens is 2. The molecule has 0 spiro atoms. The molecule has 0 saturated carbocycles. The summed E-state index contributed by atoms with van der Waals surface area (Å²) in [6, 6.07) is 7.23. The van der Waals surface area contributed by atoms with E-state index >= 15 is 0 Å². The molecule has 0 aliphatic heterocycles. The number of hydrogen-bond donors (Lipinski definition) is 1. The molecule has 0 aliphatic carbocycles. The lowest BCUT2D eigenvalue weighted by atomic mass is 10.2. The Bertz CT molecular complexity index is 517. The van der Waals surface area contributed by atoms with Gasteiger partial charge in [0.2, 0.25) is 0 Å². The summed E-state index contributed by atoms with van der Waals surface area (Å²) < 4.78 is 0. The van der Waals surface area contributed by atoms with Gasteiger partial charge < -0.3 is 5.32 Å². The van der Waals surface area contributed by atoms with Crippen LogP contribution in [-0.4, -0.2) is 15.9 Å². The number of anilines is 1. The molecule has 2 aromatic heterocycles. The lowest BCUT2D eigenvalue weighted by molar-refractivity contribution is 0.102. The van der Waals surface area contributed by atoms with Crippen LogP contribution in [0.3, 0.4) is 0 Å². The van der Waals surface area contributed by atoms with Gasteiger partial charge in [-0.15, -0.1) is 0 Å². The van der Waals surface area contributed by atoms with Crippen LogP contribution in [-0.2, 0) is 0 Å². The van der Waals surface area contributed by atoms with E-state index < -0.39 is 0 Å². The Morgan fingerprint density at radius 1 is 1.29 bits per heavy atom. The fraction of sp³-hybridized carbons (Fsp3) is 0.154. The summed E-state index contributed by atoms with van der Waals surface area (Å²) in [6.07, 6.45) is 3.16. The number of amides is 1. The van der Waals surface area contributed by atoms with Crippen molar-refractivity contribution in [3.05, 3.63) is 53.5 Å². The quantitative estimate of drug-likeness (QED) is 0.856. The van der Waals surface area contributed by atoms with E-state index in [4.69, 9.17) is 0 Å². The van der Waals surface area contributed by atoms with Gasteiger partial charge in [0.1, 0.15) is 5.82 Å². The Morgan fingerprint density at radius 3 is 2.76 bits per heavy atom. The smallest absolute Gasteiger partial charge is 0.258 e. The molecule has 2 rings (SSSR count). The summed E-state index contributed by atoms with van der Waals surface area (Å²) in [4.78, 5) is 20.0. The Labute approximate surface area is 99.7 Å². The monoisotopic (exact) mass is 227 g/mol. The van der Waals surface area contributed by atoms with E-state index in [0.29, 0.717) is 11.4 Å². The average molecular weight is 227 g/mol. The number of aryl methyl sites for hydroxylation is 2. The van der Waals surface area contributed by atoms with Gasteiger partial charge in [-0.25, -0.2) is 4.98 Å². The van der Waals surface area contributed by atoms with Gasteiger partial charge >= 0.3 is 0 Å². The first-order chi connectivity index (χ1) is 8.15. The minimum absolute atomic E-state index is 0.199. The molecule has 2 heterocycles. The van der Waals surface area contributed by atoms with Crippen LogP contribution in [0.5, 0.6) is 0 Å². The first kappa shape index (κ1) is 11.3. The zero-order valence-corrected chi connectivity index (χ0v) is 9.77. The predicted molar refractivity (Wildman–Crippen MR) is 65.9 cm³/mol. The van der Waals surface area contributed by atoms with Crippen LogP contribution in [0.4, 0.5) is 5.82 Å². The van der Waals surface area contributed by atoms with Gasteiger partial charge in [0.15, 0.2) is 0 Å².